The van der Waals surface area contributed by atoms with Gasteiger partial charge in [-0.2, -0.15) is 0 Å². The average Bonchev–Trinajstić information content (AvgIpc) is 3.05. The van der Waals surface area contributed by atoms with Crippen LogP contribution >= 0.6 is 23.2 Å². The molecule has 1 aliphatic rings. The molecule has 2 aromatic carbocycles. The smallest absolute Gasteiger partial charge is 0.147 e. The van der Waals surface area contributed by atoms with E-state index >= 15 is 0 Å². The summed E-state index contributed by atoms with van der Waals surface area (Å²) in [5, 5.41) is 4.91. The Bertz CT molecular complexity index is 917. The van der Waals surface area contributed by atoms with E-state index in [0.29, 0.717) is 16.7 Å². The summed E-state index contributed by atoms with van der Waals surface area (Å²) in [6, 6.07) is 13.3. The molecule has 148 valence electrons. The SMILES string of the molecule is Clc1ccc(OCc2nc3cc(Cl)ccc3n2CCCC2CCCNC2)cc1. The van der Waals surface area contributed by atoms with Crippen molar-refractivity contribution in [1.82, 2.24) is 14.9 Å². The summed E-state index contributed by atoms with van der Waals surface area (Å²) in [7, 11) is 0. The van der Waals surface area contributed by atoms with Crippen molar-refractivity contribution in [2.45, 2.75) is 38.8 Å². The second kappa shape index (κ2) is 9.17. The zero-order valence-electron chi connectivity index (χ0n) is 15.8. The number of piperidine rings is 1. The first-order chi connectivity index (χ1) is 13.7. The standard InChI is InChI=1S/C22H25Cl2N3O/c23-17-5-8-19(9-6-17)28-15-22-26-20-13-18(24)7-10-21(20)27(22)12-2-4-16-3-1-11-25-14-16/h5-10,13,16,25H,1-4,11-12,14-15H2. The number of hydrogen-bond acceptors (Lipinski definition) is 3. The van der Waals surface area contributed by atoms with E-state index in [4.69, 9.17) is 32.9 Å². The Morgan fingerprint density at radius 1 is 1.11 bits per heavy atom. The molecular weight excluding hydrogens is 393 g/mol. The van der Waals surface area contributed by atoms with E-state index in [0.717, 1.165) is 54.6 Å². The van der Waals surface area contributed by atoms with E-state index in [1.165, 1.54) is 19.3 Å². The van der Waals surface area contributed by atoms with Crippen LogP contribution in [0, 0.1) is 5.92 Å². The van der Waals surface area contributed by atoms with Crippen LogP contribution in [0.4, 0.5) is 0 Å². The van der Waals surface area contributed by atoms with Crippen LogP contribution in [0.25, 0.3) is 11.0 Å². The number of fused-ring (bicyclic) bond motifs is 1. The van der Waals surface area contributed by atoms with Gasteiger partial charge in [0, 0.05) is 16.6 Å². The number of nitrogens with one attached hydrogen (secondary N) is 1. The minimum Gasteiger partial charge on any atom is -0.486 e. The molecule has 0 saturated carbocycles. The molecule has 6 heteroatoms. The minimum atomic E-state index is 0.416. The van der Waals surface area contributed by atoms with Crippen LogP contribution in [0.1, 0.15) is 31.5 Å². The number of imidazole rings is 1. The lowest BCUT2D eigenvalue weighted by Gasteiger charge is -2.22. The Morgan fingerprint density at radius 2 is 1.93 bits per heavy atom. The zero-order valence-corrected chi connectivity index (χ0v) is 17.3. The van der Waals surface area contributed by atoms with E-state index in [2.05, 4.69) is 16.0 Å². The fraction of sp³-hybridized carbons (Fsp3) is 0.409. The summed E-state index contributed by atoms with van der Waals surface area (Å²) < 4.78 is 8.23. The number of nitrogens with zero attached hydrogens (tertiary/aromatic N) is 2. The van der Waals surface area contributed by atoms with Crippen LogP contribution in [0.3, 0.4) is 0 Å². The number of ether oxygens (including phenoxy) is 1. The largest absolute Gasteiger partial charge is 0.486 e. The van der Waals surface area contributed by atoms with E-state index in [1.54, 1.807) is 0 Å². The van der Waals surface area contributed by atoms with Gasteiger partial charge in [0.25, 0.3) is 0 Å². The number of aryl methyl sites for hydroxylation is 1. The lowest BCUT2D eigenvalue weighted by molar-refractivity contribution is 0.287. The zero-order chi connectivity index (χ0) is 19.3. The van der Waals surface area contributed by atoms with Crippen LogP contribution in [0.2, 0.25) is 10.0 Å². The lowest BCUT2D eigenvalue weighted by Crippen LogP contribution is -2.29. The third kappa shape index (κ3) is 4.80. The monoisotopic (exact) mass is 417 g/mol. The number of benzene rings is 2. The maximum Gasteiger partial charge on any atom is 0.147 e. The first kappa shape index (κ1) is 19.6. The number of hydrogen-bond donors (Lipinski definition) is 1. The summed E-state index contributed by atoms with van der Waals surface area (Å²) in [6.45, 7) is 3.66. The van der Waals surface area contributed by atoms with E-state index in [1.807, 2.05) is 36.4 Å². The Labute approximate surface area is 175 Å². The molecule has 0 radical (unpaired) electrons. The fourth-order valence-electron chi connectivity index (χ4n) is 3.90. The van der Waals surface area contributed by atoms with Gasteiger partial charge in [-0.05, 0) is 87.2 Å². The van der Waals surface area contributed by atoms with Gasteiger partial charge in [-0.25, -0.2) is 4.98 Å². The molecule has 0 spiro atoms. The predicted molar refractivity (Wildman–Crippen MR) is 115 cm³/mol. The van der Waals surface area contributed by atoms with Crippen molar-refractivity contribution in [2.75, 3.05) is 13.1 Å². The molecule has 4 rings (SSSR count). The highest BCUT2D eigenvalue weighted by atomic mass is 35.5. The minimum absolute atomic E-state index is 0.416. The Morgan fingerprint density at radius 3 is 2.71 bits per heavy atom. The Kier molecular flexibility index (Phi) is 6.40. The third-order valence-corrected chi connectivity index (χ3v) is 5.85. The van der Waals surface area contributed by atoms with Gasteiger partial charge in [-0.3, -0.25) is 0 Å². The van der Waals surface area contributed by atoms with Gasteiger partial charge in [0.1, 0.15) is 18.2 Å². The topological polar surface area (TPSA) is 39.1 Å². The first-order valence-electron chi connectivity index (χ1n) is 9.93. The molecule has 1 aliphatic heterocycles. The van der Waals surface area contributed by atoms with Gasteiger partial charge in [-0.15, -0.1) is 0 Å². The molecule has 1 aromatic heterocycles. The predicted octanol–water partition coefficient (Wildman–Crippen LogP) is 5.70. The first-order valence-corrected chi connectivity index (χ1v) is 10.7. The number of aromatic nitrogens is 2. The Hall–Kier alpha value is -1.75. The molecule has 3 aromatic rings. The highest BCUT2D eigenvalue weighted by Gasteiger charge is 2.15. The maximum absolute atomic E-state index is 6.17. The summed E-state index contributed by atoms with van der Waals surface area (Å²) >= 11 is 12.1. The van der Waals surface area contributed by atoms with Gasteiger partial charge < -0.3 is 14.6 Å². The summed E-state index contributed by atoms with van der Waals surface area (Å²) in [5.74, 6) is 2.50. The average molecular weight is 418 g/mol. The van der Waals surface area contributed by atoms with Gasteiger partial charge in [0.05, 0.1) is 11.0 Å². The van der Waals surface area contributed by atoms with Crippen LogP contribution in [-0.4, -0.2) is 22.6 Å². The molecule has 4 nitrogen and oxygen atoms in total. The quantitative estimate of drug-likeness (QED) is 0.535. The molecule has 1 unspecified atom stereocenters. The van der Waals surface area contributed by atoms with Crippen LogP contribution in [0.15, 0.2) is 42.5 Å². The van der Waals surface area contributed by atoms with Crippen molar-refractivity contribution in [3.05, 3.63) is 58.3 Å². The molecule has 1 fully saturated rings. The molecule has 0 bridgehead atoms. The molecule has 1 saturated heterocycles. The maximum atomic E-state index is 6.17. The van der Waals surface area contributed by atoms with Crippen LogP contribution in [-0.2, 0) is 13.2 Å². The second-order valence-electron chi connectivity index (χ2n) is 7.41. The summed E-state index contributed by atoms with van der Waals surface area (Å²) in [6.07, 6.45) is 4.99. The third-order valence-electron chi connectivity index (χ3n) is 5.36. The van der Waals surface area contributed by atoms with Crippen molar-refractivity contribution in [1.29, 1.82) is 0 Å². The molecule has 2 heterocycles. The Balaban J connectivity index is 1.48. The van der Waals surface area contributed by atoms with Crippen LogP contribution in [0.5, 0.6) is 5.75 Å². The number of rotatable bonds is 7. The van der Waals surface area contributed by atoms with E-state index in [-0.39, 0.29) is 0 Å². The fourth-order valence-corrected chi connectivity index (χ4v) is 4.19. The number of halogens is 2. The molecule has 1 N–H and O–H groups in total. The highest BCUT2D eigenvalue weighted by Crippen LogP contribution is 2.24. The van der Waals surface area contributed by atoms with Crippen molar-refractivity contribution >= 4 is 34.2 Å². The van der Waals surface area contributed by atoms with Crippen molar-refractivity contribution in [3.63, 3.8) is 0 Å². The molecule has 0 aliphatic carbocycles. The van der Waals surface area contributed by atoms with Crippen molar-refractivity contribution in [2.24, 2.45) is 5.92 Å². The van der Waals surface area contributed by atoms with Gasteiger partial charge in [0.15, 0.2) is 0 Å². The van der Waals surface area contributed by atoms with Gasteiger partial charge >= 0.3 is 0 Å². The van der Waals surface area contributed by atoms with Gasteiger partial charge in [0.2, 0.25) is 0 Å². The van der Waals surface area contributed by atoms with Crippen molar-refractivity contribution in [3.8, 4) is 5.75 Å². The normalized spacial score (nSPS) is 17.1. The van der Waals surface area contributed by atoms with Crippen molar-refractivity contribution < 1.29 is 4.74 Å². The summed E-state index contributed by atoms with van der Waals surface area (Å²) in [4.78, 5) is 4.79. The van der Waals surface area contributed by atoms with Crippen LogP contribution < -0.4 is 10.1 Å². The molecular formula is C22H25Cl2N3O. The lowest BCUT2D eigenvalue weighted by atomic mass is 9.95. The molecule has 28 heavy (non-hydrogen) atoms. The van der Waals surface area contributed by atoms with E-state index in [9.17, 15) is 0 Å². The van der Waals surface area contributed by atoms with E-state index < -0.39 is 0 Å². The molecule has 0 amide bonds. The summed E-state index contributed by atoms with van der Waals surface area (Å²) in [5.41, 5.74) is 2.03. The molecule has 1 atom stereocenters. The highest BCUT2D eigenvalue weighted by molar-refractivity contribution is 6.31. The second-order valence-corrected chi connectivity index (χ2v) is 8.28. The van der Waals surface area contributed by atoms with Gasteiger partial charge in [-0.1, -0.05) is 23.2 Å².